The third kappa shape index (κ3) is 2.70. The number of methoxy groups -OCH3 is 1. The van der Waals surface area contributed by atoms with Gasteiger partial charge in [-0.25, -0.2) is 0 Å². The minimum Gasteiger partial charge on any atom is -0.508 e. The second kappa shape index (κ2) is 4.94. The van der Waals surface area contributed by atoms with E-state index in [2.05, 4.69) is 5.32 Å². The zero-order chi connectivity index (χ0) is 12.4. The largest absolute Gasteiger partial charge is 0.508 e. The maximum atomic E-state index is 11.9. The van der Waals surface area contributed by atoms with Gasteiger partial charge in [-0.2, -0.15) is 0 Å². The predicted molar refractivity (Wildman–Crippen MR) is 64.4 cm³/mol. The molecule has 5 heteroatoms. The van der Waals surface area contributed by atoms with Gasteiger partial charge in [0.25, 0.3) is 5.91 Å². The van der Waals surface area contributed by atoms with Crippen molar-refractivity contribution in [2.24, 2.45) is 0 Å². The highest BCUT2D eigenvalue weighted by Crippen LogP contribution is 2.25. The van der Waals surface area contributed by atoms with E-state index in [9.17, 15) is 9.90 Å². The molecule has 1 fully saturated rings. The van der Waals surface area contributed by atoms with Crippen molar-refractivity contribution in [1.82, 2.24) is 5.32 Å². The highest BCUT2D eigenvalue weighted by atomic mass is 35.5. The molecule has 0 saturated heterocycles. The lowest BCUT2D eigenvalue weighted by atomic mass is 9.89. The van der Waals surface area contributed by atoms with Crippen LogP contribution in [0.1, 0.15) is 23.2 Å². The van der Waals surface area contributed by atoms with E-state index in [1.807, 2.05) is 0 Å². The van der Waals surface area contributed by atoms with Gasteiger partial charge in [0.1, 0.15) is 5.75 Å². The van der Waals surface area contributed by atoms with Crippen LogP contribution in [-0.4, -0.2) is 30.3 Å². The topological polar surface area (TPSA) is 58.6 Å². The molecular formula is C12H14ClNO3. The lowest BCUT2D eigenvalue weighted by Crippen LogP contribution is -2.47. The van der Waals surface area contributed by atoms with Crippen LogP contribution >= 0.6 is 11.6 Å². The molecule has 0 atom stereocenters. The number of carbonyl (C=O) groups excluding carboxylic acids is 1. The van der Waals surface area contributed by atoms with Crippen molar-refractivity contribution in [3.63, 3.8) is 0 Å². The molecule has 1 saturated carbocycles. The normalized spacial score (nSPS) is 22.9. The summed E-state index contributed by atoms with van der Waals surface area (Å²) in [4.78, 5) is 11.9. The minimum absolute atomic E-state index is 0.0305. The average Bonchev–Trinajstić information content (AvgIpc) is 2.25. The zero-order valence-corrected chi connectivity index (χ0v) is 10.2. The molecule has 0 unspecified atom stereocenters. The van der Waals surface area contributed by atoms with E-state index >= 15 is 0 Å². The van der Waals surface area contributed by atoms with Crippen molar-refractivity contribution < 1.29 is 14.6 Å². The molecule has 0 aliphatic heterocycles. The summed E-state index contributed by atoms with van der Waals surface area (Å²) in [6, 6.07) is 4.45. The Balaban J connectivity index is 1.98. The van der Waals surface area contributed by atoms with Crippen molar-refractivity contribution in [3.05, 3.63) is 28.8 Å². The number of hydrogen-bond acceptors (Lipinski definition) is 3. The summed E-state index contributed by atoms with van der Waals surface area (Å²) in [5.74, 6) is -0.228. The zero-order valence-electron chi connectivity index (χ0n) is 9.44. The second-order valence-electron chi connectivity index (χ2n) is 4.16. The van der Waals surface area contributed by atoms with Crippen LogP contribution in [-0.2, 0) is 4.74 Å². The summed E-state index contributed by atoms with van der Waals surface area (Å²) < 4.78 is 5.13. The first kappa shape index (κ1) is 12.2. The van der Waals surface area contributed by atoms with Crippen molar-refractivity contribution in [2.75, 3.05) is 7.11 Å². The molecule has 2 N–H and O–H groups in total. The number of phenols is 1. The van der Waals surface area contributed by atoms with E-state index < -0.39 is 0 Å². The third-order valence-electron chi connectivity index (χ3n) is 2.96. The minimum atomic E-state index is -0.259. The van der Waals surface area contributed by atoms with Gasteiger partial charge in [0.2, 0.25) is 0 Å². The predicted octanol–water partition coefficient (Wildman–Crippen LogP) is 1.95. The molecule has 0 heterocycles. The molecule has 17 heavy (non-hydrogen) atoms. The van der Waals surface area contributed by atoms with Gasteiger partial charge in [0.15, 0.2) is 0 Å². The Bertz CT molecular complexity index is 430. The van der Waals surface area contributed by atoms with E-state index in [1.54, 1.807) is 7.11 Å². The van der Waals surface area contributed by atoms with Gasteiger partial charge in [-0.1, -0.05) is 11.6 Å². The Morgan fingerprint density at radius 1 is 1.53 bits per heavy atom. The van der Waals surface area contributed by atoms with Crippen LogP contribution < -0.4 is 5.32 Å². The molecule has 1 aromatic rings. The first-order chi connectivity index (χ1) is 8.10. The molecule has 0 aromatic heterocycles. The van der Waals surface area contributed by atoms with Gasteiger partial charge in [0, 0.05) is 13.2 Å². The van der Waals surface area contributed by atoms with Gasteiger partial charge in [0.05, 0.1) is 16.7 Å². The lowest BCUT2D eigenvalue weighted by Gasteiger charge is -2.34. The van der Waals surface area contributed by atoms with Gasteiger partial charge >= 0.3 is 0 Å². The molecule has 1 aliphatic carbocycles. The number of rotatable bonds is 3. The highest BCUT2D eigenvalue weighted by molar-refractivity contribution is 6.33. The van der Waals surface area contributed by atoms with E-state index in [0.29, 0.717) is 10.6 Å². The number of halogens is 1. The Labute approximate surface area is 105 Å². The molecule has 2 rings (SSSR count). The Morgan fingerprint density at radius 2 is 2.24 bits per heavy atom. The number of amides is 1. The fourth-order valence-electron chi connectivity index (χ4n) is 1.83. The summed E-state index contributed by atoms with van der Waals surface area (Å²) >= 11 is 5.90. The van der Waals surface area contributed by atoms with E-state index in [1.165, 1.54) is 18.2 Å². The molecule has 1 aromatic carbocycles. The van der Waals surface area contributed by atoms with Crippen LogP contribution in [0.4, 0.5) is 0 Å². The Kier molecular flexibility index (Phi) is 3.54. The second-order valence-corrected chi connectivity index (χ2v) is 4.57. The molecule has 92 valence electrons. The number of hydrogen-bond donors (Lipinski definition) is 2. The summed E-state index contributed by atoms with van der Waals surface area (Å²) in [5, 5.41) is 12.5. The van der Waals surface area contributed by atoms with Crippen LogP contribution in [0, 0.1) is 0 Å². The smallest absolute Gasteiger partial charge is 0.253 e. The van der Waals surface area contributed by atoms with Gasteiger partial charge in [-0.15, -0.1) is 0 Å². The van der Waals surface area contributed by atoms with Crippen LogP contribution in [0.25, 0.3) is 0 Å². The maximum absolute atomic E-state index is 11.9. The van der Waals surface area contributed by atoms with Crippen LogP contribution in [0.15, 0.2) is 18.2 Å². The van der Waals surface area contributed by atoms with Crippen molar-refractivity contribution >= 4 is 17.5 Å². The van der Waals surface area contributed by atoms with Gasteiger partial charge < -0.3 is 15.2 Å². The quantitative estimate of drug-likeness (QED) is 0.868. The number of carbonyl (C=O) groups is 1. The van der Waals surface area contributed by atoms with Gasteiger partial charge in [-0.3, -0.25) is 4.79 Å². The molecular weight excluding hydrogens is 242 g/mol. The fourth-order valence-corrected chi connectivity index (χ4v) is 2.03. The SMILES string of the molecule is COC1CC(NC(=O)c2cc(O)ccc2Cl)C1. The molecule has 0 radical (unpaired) electrons. The van der Waals surface area contributed by atoms with Crippen molar-refractivity contribution in [1.29, 1.82) is 0 Å². The average molecular weight is 256 g/mol. The first-order valence-electron chi connectivity index (χ1n) is 5.42. The van der Waals surface area contributed by atoms with E-state index in [4.69, 9.17) is 16.3 Å². The maximum Gasteiger partial charge on any atom is 0.253 e. The van der Waals surface area contributed by atoms with Crippen molar-refractivity contribution in [2.45, 2.75) is 25.0 Å². The summed E-state index contributed by atoms with van der Waals surface area (Å²) in [5.41, 5.74) is 0.299. The third-order valence-corrected chi connectivity index (χ3v) is 3.29. The number of nitrogens with one attached hydrogen (secondary N) is 1. The number of phenolic OH excluding ortho intramolecular Hbond substituents is 1. The summed E-state index contributed by atoms with van der Waals surface area (Å²) in [6.07, 6.45) is 1.87. The van der Waals surface area contributed by atoms with E-state index in [-0.39, 0.29) is 23.8 Å². The molecule has 0 spiro atoms. The lowest BCUT2D eigenvalue weighted by molar-refractivity contribution is 0.0176. The van der Waals surface area contributed by atoms with Gasteiger partial charge in [-0.05, 0) is 31.0 Å². The Morgan fingerprint density at radius 3 is 2.88 bits per heavy atom. The number of ether oxygens (including phenoxy) is 1. The number of benzene rings is 1. The number of aromatic hydroxyl groups is 1. The van der Waals surface area contributed by atoms with Crippen LogP contribution in [0.2, 0.25) is 5.02 Å². The van der Waals surface area contributed by atoms with Crippen molar-refractivity contribution in [3.8, 4) is 5.75 Å². The highest BCUT2D eigenvalue weighted by Gasteiger charge is 2.30. The van der Waals surface area contributed by atoms with Crippen LogP contribution in [0.3, 0.4) is 0 Å². The monoisotopic (exact) mass is 255 g/mol. The summed E-state index contributed by atoms with van der Waals surface area (Å²) in [7, 11) is 1.66. The summed E-state index contributed by atoms with van der Waals surface area (Å²) in [6.45, 7) is 0. The van der Waals surface area contributed by atoms with Crippen LogP contribution in [0.5, 0.6) is 5.75 Å². The first-order valence-corrected chi connectivity index (χ1v) is 5.80. The molecule has 1 aliphatic rings. The van der Waals surface area contributed by atoms with E-state index in [0.717, 1.165) is 12.8 Å². The standard InChI is InChI=1S/C12H14ClNO3/c1-17-9-4-7(5-9)14-12(16)10-6-8(15)2-3-11(10)13/h2-3,6-7,9,15H,4-5H2,1H3,(H,14,16). The molecule has 1 amide bonds. The molecule has 0 bridgehead atoms. The fraction of sp³-hybridized carbons (Fsp3) is 0.417. The Hall–Kier alpha value is -1.26. The molecule has 4 nitrogen and oxygen atoms in total.